The van der Waals surface area contributed by atoms with Crippen LogP contribution in [-0.2, 0) is 4.57 Å². The number of benzene rings is 9. The maximum absolute atomic E-state index is 8.55. The van der Waals surface area contributed by atoms with E-state index in [9.17, 15) is 0 Å². The number of hydrogen-bond donors (Lipinski definition) is 0. The Labute approximate surface area is 480 Å². The van der Waals surface area contributed by atoms with Gasteiger partial charge in [0.05, 0.1) is 17.0 Å². The molecule has 0 aliphatic heterocycles. The van der Waals surface area contributed by atoms with Crippen molar-refractivity contribution in [3.05, 3.63) is 273 Å². The molecule has 0 atom stereocenters. The molecule has 0 unspecified atom stereocenters. The standard InChI is InChI=1S/3C24H26P.H3O4P/c3*1-5-13-21(14-6-1)25(22-15-7-2-8-16-22,23-17-9-3-10-18-23)24-19-11-4-12-20-24;1-5(2,3)4/h3*1-3,5-10,13-18,24H,4,11-12,19-20H2;(H3,1,2,3,4)/q3*+1;/p-3. The highest BCUT2D eigenvalue weighted by molar-refractivity contribution is 7.97. The first-order valence-corrected chi connectivity index (χ1v) is 36.2. The normalized spacial score (nSPS) is 15.6. The first kappa shape index (κ1) is 59.0. The lowest BCUT2D eigenvalue weighted by atomic mass is 10.0. The molecular formula is C72H78O4P4. The van der Waals surface area contributed by atoms with Crippen molar-refractivity contribution < 1.29 is 19.2 Å². The van der Waals surface area contributed by atoms with Crippen LogP contribution in [0.25, 0.3) is 0 Å². The van der Waals surface area contributed by atoms with E-state index in [2.05, 4.69) is 273 Å². The van der Waals surface area contributed by atoms with E-state index >= 15 is 0 Å². The maximum atomic E-state index is 8.55. The lowest BCUT2D eigenvalue weighted by molar-refractivity contribution is -0.432. The van der Waals surface area contributed by atoms with Gasteiger partial charge in [-0.3, -0.25) is 0 Å². The van der Waals surface area contributed by atoms with E-state index in [4.69, 9.17) is 19.2 Å². The Morgan fingerprint density at radius 1 is 0.225 bits per heavy atom. The highest BCUT2D eigenvalue weighted by Crippen LogP contribution is 2.65. The van der Waals surface area contributed by atoms with Crippen LogP contribution in [-0.4, -0.2) is 17.0 Å². The molecule has 0 heterocycles. The van der Waals surface area contributed by atoms with Crippen molar-refractivity contribution in [3.63, 3.8) is 0 Å². The van der Waals surface area contributed by atoms with Crippen molar-refractivity contribution >= 4 is 77.4 Å². The van der Waals surface area contributed by atoms with Gasteiger partial charge in [0.15, 0.2) is 0 Å². The predicted molar refractivity (Wildman–Crippen MR) is 344 cm³/mol. The molecule has 9 aromatic rings. The van der Waals surface area contributed by atoms with Crippen molar-refractivity contribution in [3.8, 4) is 0 Å². The zero-order valence-electron chi connectivity index (χ0n) is 46.2. The molecule has 80 heavy (non-hydrogen) atoms. The SMILES string of the molecule is O=P([O-])([O-])[O-].c1ccc([P+](c2ccccc2)(c2ccccc2)C2CCCCC2)cc1.c1ccc([P+](c2ccccc2)(c2ccccc2)C2CCCCC2)cc1.c1ccc([P+](c2ccccc2)(c2ccccc2)C2CCCCC2)cc1. The van der Waals surface area contributed by atoms with Gasteiger partial charge in [-0.1, -0.05) is 183 Å². The Kier molecular flexibility index (Phi) is 21.7. The molecule has 0 amide bonds. The first-order valence-electron chi connectivity index (χ1n) is 29.2. The molecule has 4 nitrogen and oxygen atoms in total. The van der Waals surface area contributed by atoms with E-state index in [1.807, 2.05) is 0 Å². The summed E-state index contributed by atoms with van der Waals surface area (Å²) >= 11 is 0. The van der Waals surface area contributed by atoms with Crippen molar-refractivity contribution in [1.82, 2.24) is 0 Å². The first-order chi connectivity index (χ1) is 39.3. The lowest BCUT2D eigenvalue weighted by Crippen LogP contribution is -2.39. The number of hydrogen-bond acceptors (Lipinski definition) is 4. The van der Waals surface area contributed by atoms with Crippen LogP contribution in [0.15, 0.2) is 273 Å². The molecule has 3 aliphatic rings. The molecule has 0 N–H and O–H groups in total. The fourth-order valence-corrected chi connectivity index (χ4v) is 29.3. The third kappa shape index (κ3) is 14.0. The fourth-order valence-electron chi connectivity index (χ4n) is 13.6. The average molecular weight is 1130 g/mol. The molecule has 0 bridgehead atoms. The molecule has 410 valence electrons. The van der Waals surface area contributed by atoms with E-state index in [0.717, 1.165) is 17.0 Å². The Balaban J connectivity index is 0.000000139. The summed E-state index contributed by atoms with van der Waals surface area (Å²) < 4.78 is 8.55. The van der Waals surface area contributed by atoms with Gasteiger partial charge in [-0.25, -0.2) is 0 Å². The summed E-state index contributed by atoms with van der Waals surface area (Å²) in [7, 11) is -10.3. The fraction of sp³-hybridized carbons (Fsp3) is 0.250. The van der Waals surface area contributed by atoms with E-state index in [0.29, 0.717) is 0 Å². The van der Waals surface area contributed by atoms with Crippen molar-refractivity contribution in [2.75, 3.05) is 0 Å². The summed E-state index contributed by atoms with van der Waals surface area (Å²) in [5.41, 5.74) is 2.27. The molecular weight excluding hydrogens is 1050 g/mol. The monoisotopic (exact) mass is 1130 g/mol. The van der Waals surface area contributed by atoms with E-state index in [1.54, 1.807) is 47.7 Å². The molecule has 3 saturated carbocycles. The largest absolute Gasteiger partial charge is 0.822 e. The zero-order valence-corrected chi connectivity index (χ0v) is 49.8. The molecule has 0 aromatic heterocycles. The van der Waals surface area contributed by atoms with Gasteiger partial charge in [-0.15, -0.1) is 0 Å². The third-order valence-electron chi connectivity index (χ3n) is 16.8. The van der Waals surface area contributed by atoms with Crippen LogP contribution in [0, 0.1) is 0 Å². The van der Waals surface area contributed by atoms with Gasteiger partial charge < -0.3 is 19.2 Å². The van der Waals surface area contributed by atoms with Crippen LogP contribution >= 0.6 is 29.6 Å². The van der Waals surface area contributed by atoms with Crippen LogP contribution in [0.5, 0.6) is 0 Å². The second kappa shape index (κ2) is 29.4. The summed E-state index contributed by atoms with van der Waals surface area (Å²) in [4.78, 5) is 25.6. The van der Waals surface area contributed by atoms with Gasteiger partial charge >= 0.3 is 0 Å². The van der Waals surface area contributed by atoms with Crippen LogP contribution in [0.1, 0.15) is 96.3 Å². The predicted octanol–water partition coefficient (Wildman–Crippen LogP) is 13.1. The summed E-state index contributed by atoms with van der Waals surface area (Å²) in [6.07, 6.45) is 20.6. The van der Waals surface area contributed by atoms with E-state index < -0.39 is 29.6 Å². The topological polar surface area (TPSA) is 86.2 Å². The van der Waals surface area contributed by atoms with Crippen molar-refractivity contribution in [2.24, 2.45) is 0 Å². The minimum atomic E-state index is -5.39. The second-order valence-corrected chi connectivity index (χ2v) is 33.6. The lowest BCUT2D eigenvalue weighted by Gasteiger charge is -2.36. The summed E-state index contributed by atoms with van der Waals surface area (Å²) in [5.74, 6) is 0. The van der Waals surface area contributed by atoms with Crippen LogP contribution in [0.4, 0.5) is 0 Å². The molecule has 9 aromatic carbocycles. The van der Waals surface area contributed by atoms with E-state index in [1.165, 1.54) is 96.3 Å². The van der Waals surface area contributed by atoms with Gasteiger partial charge in [-0.05, 0) is 186 Å². The van der Waals surface area contributed by atoms with Crippen molar-refractivity contribution in [1.29, 1.82) is 0 Å². The molecule has 0 spiro atoms. The molecule has 8 heteroatoms. The van der Waals surface area contributed by atoms with Gasteiger partial charge in [0.2, 0.25) is 0 Å². The summed E-state index contributed by atoms with van der Waals surface area (Å²) in [5, 5.41) is 13.9. The summed E-state index contributed by atoms with van der Waals surface area (Å²) in [6.45, 7) is 0. The highest BCUT2D eigenvalue weighted by Gasteiger charge is 2.54. The molecule has 12 rings (SSSR count). The van der Waals surface area contributed by atoms with Crippen LogP contribution < -0.4 is 62.4 Å². The minimum absolute atomic E-state index is 0.758. The Hall–Kier alpha value is -5.62. The number of phosphoric acid groups is 1. The number of rotatable bonds is 12. The summed E-state index contributed by atoms with van der Waals surface area (Å²) in [6, 6.07) is 102. The third-order valence-corrected chi connectivity index (χ3v) is 31.7. The molecule has 3 aliphatic carbocycles. The quantitative estimate of drug-likeness (QED) is 0.114. The van der Waals surface area contributed by atoms with Gasteiger partial charge in [0.1, 0.15) is 69.5 Å². The van der Waals surface area contributed by atoms with Gasteiger partial charge in [0.25, 0.3) is 0 Å². The highest BCUT2D eigenvalue weighted by atomic mass is 31.2. The Morgan fingerprint density at radius 2 is 0.338 bits per heavy atom. The zero-order chi connectivity index (χ0) is 55.4. The van der Waals surface area contributed by atoms with Crippen molar-refractivity contribution in [2.45, 2.75) is 113 Å². The minimum Gasteiger partial charge on any atom is -0.822 e. The van der Waals surface area contributed by atoms with Gasteiger partial charge in [-0.2, -0.15) is 7.82 Å². The second-order valence-electron chi connectivity index (χ2n) is 21.5. The average Bonchev–Trinajstić information content (AvgIpc) is 3.64. The Bertz CT molecular complexity index is 2560. The molecule has 3 fully saturated rings. The van der Waals surface area contributed by atoms with E-state index in [-0.39, 0.29) is 0 Å². The molecule has 0 saturated heterocycles. The Morgan fingerprint density at radius 3 is 0.450 bits per heavy atom. The van der Waals surface area contributed by atoms with Crippen LogP contribution in [0.2, 0.25) is 0 Å². The smallest absolute Gasteiger partial charge is 0.115 e. The molecule has 0 radical (unpaired) electrons. The maximum Gasteiger partial charge on any atom is 0.115 e. The van der Waals surface area contributed by atoms with Gasteiger partial charge in [0, 0.05) is 0 Å². The van der Waals surface area contributed by atoms with Crippen LogP contribution in [0.3, 0.4) is 0 Å².